The Hall–Kier alpha value is -1.98. The maximum atomic E-state index is 12.5. The number of hydrogen-bond acceptors (Lipinski definition) is 7. The first-order chi connectivity index (χ1) is 13.8. The number of nitrogens with zero attached hydrogens (tertiary/aromatic N) is 3. The van der Waals surface area contributed by atoms with E-state index in [0.717, 1.165) is 9.87 Å². The van der Waals surface area contributed by atoms with E-state index in [0.29, 0.717) is 20.2 Å². The van der Waals surface area contributed by atoms with E-state index in [1.54, 1.807) is 6.07 Å². The lowest BCUT2D eigenvalue weighted by molar-refractivity contribution is 0.102. The third-order valence-corrected chi connectivity index (χ3v) is 7.88. The third kappa shape index (κ3) is 5.55. The molecule has 0 atom stereocenters. The molecule has 0 spiro atoms. The van der Waals surface area contributed by atoms with Crippen LogP contribution in [0.3, 0.4) is 0 Å². The number of amides is 1. The number of rotatable bonds is 7. The number of benzene rings is 2. The molecule has 0 saturated carbocycles. The molecule has 0 aliphatic heterocycles. The van der Waals surface area contributed by atoms with E-state index in [1.807, 2.05) is 24.3 Å². The molecule has 11 heteroatoms. The molecule has 3 aromatic rings. The number of carbonyl (C=O) groups is 1. The summed E-state index contributed by atoms with van der Waals surface area (Å²) in [5, 5.41) is 11.7. The van der Waals surface area contributed by atoms with Gasteiger partial charge in [0.15, 0.2) is 4.34 Å². The Morgan fingerprint density at radius 1 is 1.17 bits per heavy atom. The van der Waals surface area contributed by atoms with Gasteiger partial charge in [0, 0.05) is 30.4 Å². The molecule has 1 aromatic heterocycles. The van der Waals surface area contributed by atoms with Gasteiger partial charge < -0.3 is 0 Å². The second kappa shape index (κ2) is 9.23. The molecule has 1 N–H and O–H groups in total. The summed E-state index contributed by atoms with van der Waals surface area (Å²) in [6.07, 6.45) is 0. The van der Waals surface area contributed by atoms with Crippen molar-refractivity contribution in [2.75, 3.05) is 19.4 Å². The van der Waals surface area contributed by atoms with Gasteiger partial charge in [-0.15, -0.1) is 10.2 Å². The molecular weight excluding hydrogens is 452 g/mol. The fourth-order valence-electron chi connectivity index (χ4n) is 2.22. The number of anilines is 1. The zero-order valence-electron chi connectivity index (χ0n) is 15.5. The normalized spacial score (nSPS) is 11.6. The summed E-state index contributed by atoms with van der Waals surface area (Å²) in [5.74, 6) is 0.246. The second-order valence-electron chi connectivity index (χ2n) is 6.06. The van der Waals surface area contributed by atoms with Crippen LogP contribution in [0.4, 0.5) is 5.13 Å². The van der Waals surface area contributed by atoms with Crippen molar-refractivity contribution in [3.05, 3.63) is 64.7 Å². The first-order valence-electron chi connectivity index (χ1n) is 8.30. The van der Waals surface area contributed by atoms with Crippen LogP contribution in [0.2, 0.25) is 5.02 Å². The summed E-state index contributed by atoms with van der Waals surface area (Å²) in [6.45, 7) is 0. The minimum atomic E-state index is -3.62. The van der Waals surface area contributed by atoms with Crippen LogP contribution in [-0.4, -0.2) is 42.9 Å². The average Bonchev–Trinajstić information content (AvgIpc) is 3.15. The van der Waals surface area contributed by atoms with Crippen LogP contribution in [0.1, 0.15) is 15.9 Å². The van der Waals surface area contributed by atoms with Gasteiger partial charge in [0.05, 0.1) is 4.90 Å². The van der Waals surface area contributed by atoms with Crippen LogP contribution in [0.25, 0.3) is 0 Å². The standard InChI is InChI=1S/C18H17ClN4O3S3/c1-23(2)29(25,26)15-5-3-4-13(10-15)16(24)20-17-21-22-18(28-17)27-11-12-6-8-14(19)9-7-12/h3-10H,11H2,1-2H3,(H,20,21,24). The second-order valence-corrected chi connectivity index (χ2v) is 10.8. The molecule has 0 fully saturated rings. The molecule has 7 nitrogen and oxygen atoms in total. The molecule has 3 rings (SSSR count). The maximum Gasteiger partial charge on any atom is 0.257 e. The van der Waals surface area contributed by atoms with Crippen LogP contribution in [-0.2, 0) is 15.8 Å². The molecule has 0 bridgehead atoms. The zero-order valence-corrected chi connectivity index (χ0v) is 18.7. The van der Waals surface area contributed by atoms with E-state index in [4.69, 9.17) is 11.6 Å². The predicted octanol–water partition coefficient (Wildman–Crippen LogP) is 3.99. The number of nitrogens with one attached hydrogen (secondary N) is 1. The number of hydrogen-bond donors (Lipinski definition) is 1. The van der Waals surface area contributed by atoms with Gasteiger partial charge in [-0.3, -0.25) is 10.1 Å². The van der Waals surface area contributed by atoms with Crippen LogP contribution < -0.4 is 5.32 Å². The highest BCUT2D eigenvalue weighted by Gasteiger charge is 2.19. The highest BCUT2D eigenvalue weighted by molar-refractivity contribution is 8.00. The van der Waals surface area contributed by atoms with Crippen molar-refractivity contribution in [1.82, 2.24) is 14.5 Å². The Morgan fingerprint density at radius 3 is 2.59 bits per heavy atom. The number of carbonyl (C=O) groups excluding carboxylic acids is 1. The highest BCUT2D eigenvalue weighted by atomic mass is 35.5. The van der Waals surface area contributed by atoms with Gasteiger partial charge in [-0.25, -0.2) is 12.7 Å². The summed E-state index contributed by atoms with van der Waals surface area (Å²) >= 11 is 8.63. The van der Waals surface area contributed by atoms with E-state index >= 15 is 0 Å². The molecule has 2 aromatic carbocycles. The van der Waals surface area contributed by atoms with Crippen molar-refractivity contribution in [2.24, 2.45) is 0 Å². The molecule has 0 radical (unpaired) electrons. The van der Waals surface area contributed by atoms with Crippen LogP contribution in [0.5, 0.6) is 0 Å². The summed E-state index contributed by atoms with van der Waals surface area (Å²) in [6, 6.07) is 13.4. The topological polar surface area (TPSA) is 92.3 Å². The lowest BCUT2D eigenvalue weighted by Gasteiger charge is -2.12. The molecule has 152 valence electrons. The Kier molecular flexibility index (Phi) is 6.91. The summed E-state index contributed by atoms with van der Waals surface area (Å²) < 4.78 is 26.3. The molecule has 0 aliphatic carbocycles. The smallest absolute Gasteiger partial charge is 0.257 e. The average molecular weight is 469 g/mol. The van der Waals surface area contributed by atoms with Gasteiger partial charge in [0.2, 0.25) is 15.2 Å². The van der Waals surface area contributed by atoms with Crippen molar-refractivity contribution >= 4 is 55.8 Å². The summed E-state index contributed by atoms with van der Waals surface area (Å²) in [4.78, 5) is 12.5. The van der Waals surface area contributed by atoms with Gasteiger partial charge in [0.25, 0.3) is 5.91 Å². The third-order valence-electron chi connectivity index (χ3n) is 3.78. The monoisotopic (exact) mass is 468 g/mol. The molecule has 0 saturated heterocycles. The minimum absolute atomic E-state index is 0.0478. The minimum Gasteiger partial charge on any atom is -0.296 e. The van der Waals surface area contributed by atoms with Gasteiger partial charge in [0.1, 0.15) is 0 Å². The zero-order chi connectivity index (χ0) is 21.0. The summed E-state index contributed by atoms with van der Waals surface area (Å²) in [7, 11) is -0.748. The van der Waals surface area contributed by atoms with Crippen molar-refractivity contribution in [2.45, 2.75) is 15.0 Å². The number of halogens is 1. The van der Waals surface area contributed by atoms with Crippen molar-refractivity contribution in [3.8, 4) is 0 Å². The SMILES string of the molecule is CN(C)S(=O)(=O)c1cccc(C(=O)Nc2nnc(SCc3ccc(Cl)cc3)s2)c1. The Labute approximate surface area is 182 Å². The van der Waals surface area contributed by atoms with E-state index in [9.17, 15) is 13.2 Å². The van der Waals surface area contributed by atoms with E-state index in [2.05, 4.69) is 15.5 Å². The lowest BCUT2D eigenvalue weighted by atomic mass is 10.2. The highest BCUT2D eigenvalue weighted by Crippen LogP contribution is 2.29. The van der Waals surface area contributed by atoms with Gasteiger partial charge in [-0.05, 0) is 35.9 Å². The number of aromatic nitrogens is 2. The van der Waals surface area contributed by atoms with Crippen LogP contribution in [0, 0.1) is 0 Å². The lowest BCUT2D eigenvalue weighted by Crippen LogP contribution is -2.22. The first kappa shape index (κ1) is 21.7. The molecule has 1 heterocycles. The van der Waals surface area contributed by atoms with Crippen molar-refractivity contribution < 1.29 is 13.2 Å². The Morgan fingerprint density at radius 2 is 1.90 bits per heavy atom. The quantitative estimate of drug-likeness (QED) is 0.416. The van der Waals surface area contributed by atoms with Crippen molar-refractivity contribution in [3.63, 3.8) is 0 Å². The molecule has 0 aliphatic rings. The predicted molar refractivity (Wildman–Crippen MR) is 116 cm³/mol. The first-order valence-corrected chi connectivity index (χ1v) is 11.9. The van der Waals surface area contributed by atoms with Crippen molar-refractivity contribution in [1.29, 1.82) is 0 Å². The fourth-order valence-corrected chi connectivity index (χ4v) is 5.00. The van der Waals surface area contributed by atoms with Gasteiger partial charge in [-0.1, -0.05) is 52.9 Å². The van der Waals surface area contributed by atoms with E-state index in [1.165, 1.54) is 55.4 Å². The fraction of sp³-hybridized carbons (Fsp3) is 0.167. The van der Waals surface area contributed by atoms with Gasteiger partial charge >= 0.3 is 0 Å². The molecule has 0 unspecified atom stereocenters. The number of sulfonamides is 1. The molecule has 1 amide bonds. The maximum absolute atomic E-state index is 12.5. The Bertz CT molecular complexity index is 1120. The van der Waals surface area contributed by atoms with E-state index < -0.39 is 15.9 Å². The molecule has 29 heavy (non-hydrogen) atoms. The van der Waals surface area contributed by atoms with Crippen LogP contribution >= 0.6 is 34.7 Å². The summed E-state index contributed by atoms with van der Waals surface area (Å²) in [5.41, 5.74) is 1.32. The van der Waals surface area contributed by atoms with E-state index in [-0.39, 0.29) is 10.5 Å². The largest absolute Gasteiger partial charge is 0.296 e. The number of thioether (sulfide) groups is 1. The molecular formula is C18H17ClN4O3S3. The van der Waals surface area contributed by atoms with Gasteiger partial charge in [-0.2, -0.15) is 0 Å². The Balaban J connectivity index is 1.65. The van der Waals surface area contributed by atoms with Crippen LogP contribution in [0.15, 0.2) is 57.8 Å².